The third kappa shape index (κ3) is 5.77. The molecule has 0 aromatic heterocycles. The van der Waals surface area contributed by atoms with Gasteiger partial charge >= 0.3 is 5.97 Å². The number of rotatable bonds is 8. The Morgan fingerprint density at radius 2 is 1.93 bits per heavy atom. The van der Waals surface area contributed by atoms with E-state index in [1.807, 2.05) is 13.8 Å². The van der Waals surface area contributed by atoms with Crippen LogP contribution in [0.5, 0.6) is 0 Å². The molecule has 7 nitrogen and oxygen atoms in total. The van der Waals surface area contributed by atoms with E-state index in [2.05, 4.69) is 0 Å². The number of carbonyl (C=O) groups excluding carboxylic acids is 1. The summed E-state index contributed by atoms with van der Waals surface area (Å²) in [5.74, 6) is -1.34. The van der Waals surface area contributed by atoms with E-state index in [0.717, 1.165) is 0 Å². The van der Waals surface area contributed by atoms with Crippen LogP contribution in [-0.2, 0) is 19.6 Å². The number of hydrogen-bond donors (Lipinski definition) is 1. The Morgan fingerprint density at radius 1 is 1.26 bits per heavy atom. The van der Waals surface area contributed by atoms with Gasteiger partial charge in [-0.15, -0.1) is 0 Å². The molecule has 1 amide bonds. The van der Waals surface area contributed by atoms with E-state index >= 15 is 0 Å². The third-order valence-corrected chi connectivity index (χ3v) is 6.49. The van der Waals surface area contributed by atoms with Crippen molar-refractivity contribution in [2.45, 2.75) is 38.0 Å². The van der Waals surface area contributed by atoms with Crippen LogP contribution in [0.2, 0.25) is 0 Å². The molecule has 1 aromatic carbocycles. The molecule has 1 heterocycles. The Morgan fingerprint density at radius 3 is 2.52 bits per heavy atom. The number of amides is 1. The number of carboxylic acids is 1. The second-order valence-corrected chi connectivity index (χ2v) is 9.28. The average molecular weight is 397 g/mol. The van der Waals surface area contributed by atoms with Crippen molar-refractivity contribution >= 4 is 21.9 Å². The van der Waals surface area contributed by atoms with Gasteiger partial charge in [0.05, 0.1) is 17.2 Å². The predicted molar refractivity (Wildman–Crippen MR) is 102 cm³/mol. The number of nitrogens with zero attached hydrogens (tertiary/aromatic N) is 2. The highest BCUT2D eigenvalue weighted by Crippen LogP contribution is 2.25. The minimum Gasteiger partial charge on any atom is -0.481 e. The molecule has 1 aromatic rings. The van der Waals surface area contributed by atoms with Crippen LogP contribution in [-0.4, -0.2) is 60.8 Å². The van der Waals surface area contributed by atoms with Crippen molar-refractivity contribution in [3.05, 3.63) is 30.3 Å². The lowest BCUT2D eigenvalue weighted by atomic mass is 9.97. The van der Waals surface area contributed by atoms with Crippen molar-refractivity contribution in [1.29, 1.82) is 0 Å². The number of carbonyl (C=O) groups is 2. The Balaban J connectivity index is 2.13. The maximum atomic E-state index is 13.0. The summed E-state index contributed by atoms with van der Waals surface area (Å²) in [6.45, 7) is 5.07. The van der Waals surface area contributed by atoms with Gasteiger partial charge in [-0.1, -0.05) is 32.0 Å². The van der Waals surface area contributed by atoms with E-state index < -0.39 is 21.9 Å². The largest absolute Gasteiger partial charge is 0.481 e. The summed E-state index contributed by atoms with van der Waals surface area (Å²) >= 11 is 0. The van der Waals surface area contributed by atoms with Gasteiger partial charge < -0.3 is 10.0 Å². The van der Waals surface area contributed by atoms with Crippen molar-refractivity contribution in [2.24, 2.45) is 11.8 Å². The van der Waals surface area contributed by atoms with Crippen molar-refractivity contribution in [3.63, 3.8) is 0 Å². The topological polar surface area (TPSA) is 95.0 Å². The van der Waals surface area contributed by atoms with Crippen molar-refractivity contribution in [3.8, 4) is 0 Å². The summed E-state index contributed by atoms with van der Waals surface area (Å²) in [7, 11) is -3.63. The first-order valence-electron chi connectivity index (χ1n) is 9.27. The molecule has 8 heteroatoms. The fourth-order valence-corrected chi connectivity index (χ4v) is 4.87. The molecule has 1 N–H and O–H groups in total. The number of aliphatic carboxylic acids is 1. The zero-order valence-corrected chi connectivity index (χ0v) is 16.7. The summed E-state index contributed by atoms with van der Waals surface area (Å²) < 4.78 is 27.1. The summed E-state index contributed by atoms with van der Waals surface area (Å²) in [5.41, 5.74) is 0. The molecule has 1 aliphatic heterocycles. The molecule has 27 heavy (non-hydrogen) atoms. The Bertz CT molecular complexity index is 749. The monoisotopic (exact) mass is 396 g/mol. The van der Waals surface area contributed by atoms with Crippen LogP contribution >= 0.6 is 0 Å². The standard InChI is InChI=1S/C19H28N2O5S/c1-15(2)13-20(12-10-18(22)23)19(24)16-7-6-11-21(14-16)27(25,26)17-8-4-3-5-9-17/h3-5,8-9,15-16H,6-7,10-14H2,1-2H3,(H,22,23). The first kappa shape index (κ1) is 21.4. The average Bonchev–Trinajstić information content (AvgIpc) is 2.65. The zero-order chi connectivity index (χ0) is 20.0. The molecule has 0 radical (unpaired) electrons. The fourth-order valence-electron chi connectivity index (χ4n) is 3.32. The summed E-state index contributed by atoms with van der Waals surface area (Å²) in [4.78, 5) is 25.7. The lowest BCUT2D eigenvalue weighted by molar-refractivity contribution is -0.140. The van der Waals surface area contributed by atoms with Gasteiger partial charge in [0, 0.05) is 26.2 Å². The van der Waals surface area contributed by atoms with E-state index in [-0.39, 0.29) is 36.2 Å². The van der Waals surface area contributed by atoms with Crippen LogP contribution in [0.3, 0.4) is 0 Å². The summed E-state index contributed by atoms with van der Waals surface area (Å²) in [5, 5.41) is 8.94. The second kappa shape index (κ2) is 9.32. The van der Waals surface area contributed by atoms with Gasteiger partial charge in [-0.3, -0.25) is 9.59 Å². The SMILES string of the molecule is CC(C)CN(CCC(=O)O)C(=O)C1CCCN(S(=O)(=O)c2ccccc2)C1. The van der Waals surface area contributed by atoms with Crippen LogP contribution in [0, 0.1) is 11.8 Å². The molecule has 1 saturated heterocycles. The van der Waals surface area contributed by atoms with Gasteiger partial charge in [0.15, 0.2) is 0 Å². The van der Waals surface area contributed by atoms with Gasteiger partial charge in [-0.05, 0) is 30.9 Å². The molecule has 2 rings (SSSR count). The van der Waals surface area contributed by atoms with Gasteiger partial charge in [0.1, 0.15) is 0 Å². The highest BCUT2D eigenvalue weighted by molar-refractivity contribution is 7.89. The lowest BCUT2D eigenvalue weighted by Gasteiger charge is -2.35. The molecule has 150 valence electrons. The molecule has 0 bridgehead atoms. The highest BCUT2D eigenvalue weighted by Gasteiger charge is 2.35. The van der Waals surface area contributed by atoms with Crippen LogP contribution < -0.4 is 0 Å². The van der Waals surface area contributed by atoms with Crippen LogP contribution in [0.1, 0.15) is 33.1 Å². The fraction of sp³-hybridized carbons (Fsp3) is 0.579. The van der Waals surface area contributed by atoms with E-state index in [4.69, 9.17) is 5.11 Å². The van der Waals surface area contributed by atoms with Crippen molar-refractivity contribution in [1.82, 2.24) is 9.21 Å². The Hall–Kier alpha value is -1.93. The van der Waals surface area contributed by atoms with Crippen molar-refractivity contribution < 1.29 is 23.1 Å². The van der Waals surface area contributed by atoms with E-state index in [1.54, 1.807) is 35.2 Å². The minimum atomic E-state index is -3.63. The number of benzene rings is 1. The number of piperidine rings is 1. The zero-order valence-electron chi connectivity index (χ0n) is 15.9. The maximum absolute atomic E-state index is 13.0. The third-order valence-electron chi connectivity index (χ3n) is 4.61. The van der Waals surface area contributed by atoms with Gasteiger partial charge in [-0.25, -0.2) is 8.42 Å². The lowest BCUT2D eigenvalue weighted by Crippen LogP contribution is -2.47. The Labute approximate surface area is 161 Å². The molecule has 1 fully saturated rings. The first-order valence-corrected chi connectivity index (χ1v) is 10.7. The molecule has 1 atom stereocenters. The van der Waals surface area contributed by atoms with Gasteiger partial charge in [-0.2, -0.15) is 4.31 Å². The molecule has 0 spiro atoms. The highest BCUT2D eigenvalue weighted by atomic mass is 32.2. The van der Waals surface area contributed by atoms with Gasteiger partial charge in [0.25, 0.3) is 0 Å². The molecule has 1 unspecified atom stereocenters. The molecule has 0 aliphatic carbocycles. The number of hydrogen-bond acceptors (Lipinski definition) is 4. The molecular weight excluding hydrogens is 368 g/mol. The quantitative estimate of drug-likeness (QED) is 0.726. The van der Waals surface area contributed by atoms with Crippen LogP contribution in [0.25, 0.3) is 0 Å². The predicted octanol–water partition coefficient (Wildman–Crippen LogP) is 2.05. The maximum Gasteiger partial charge on any atom is 0.305 e. The van der Waals surface area contributed by atoms with Crippen LogP contribution in [0.15, 0.2) is 35.2 Å². The first-order chi connectivity index (χ1) is 12.7. The second-order valence-electron chi connectivity index (χ2n) is 7.34. The van der Waals surface area contributed by atoms with E-state index in [0.29, 0.717) is 25.9 Å². The summed E-state index contributed by atoms with van der Waals surface area (Å²) in [6, 6.07) is 8.22. The molecule has 0 saturated carbocycles. The number of carboxylic acid groups (broad SMARTS) is 1. The molecular formula is C19H28N2O5S. The minimum absolute atomic E-state index is 0.114. The number of sulfonamides is 1. The van der Waals surface area contributed by atoms with E-state index in [9.17, 15) is 18.0 Å². The normalized spacial score (nSPS) is 18.4. The molecule has 1 aliphatic rings. The smallest absolute Gasteiger partial charge is 0.305 e. The van der Waals surface area contributed by atoms with E-state index in [1.165, 1.54) is 4.31 Å². The Kier molecular flexibility index (Phi) is 7.38. The summed E-state index contributed by atoms with van der Waals surface area (Å²) in [6.07, 6.45) is 1.11. The van der Waals surface area contributed by atoms with Crippen molar-refractivity contribution in [2.75, 3.05) is 26.2 Å². The van der Waals surface area contributed by atoms with Gasteiger partial charge in [0.2, 0.25) is 15.9 Å². The van der Waals surface area contributed by atoms with Crippen LogP contribution in [0.4, 0.5) is 0 Å².